The van der Waals surface area contributed by atoms with Crippen molar-refractivity contribution in [2.45, 2.75) is 0 Å². The average molecular weight is 350 g/mol. The van der Waals surface area contributed by atoms with Gasteiger partial charge in [-0.2, -0.15) is 0 Å². The van der Waals surface area contributed by atoms with Gasteiger partial charge in [-0.25, -0.2) is 4.98 Å². The van der Waals surface area contributed by atoms with Gasteiger partial charge in [0.2, 0.25) is 0 Å². The number of aromatic nitrogens is 1. The second-order valence-corrected chi connectivity index (χ2v) is 6.09. The van der Waals surface area contributed by atoms with Crippen molar-refractivity contribution in [2.24, 2.45) is 0 Å². The van der Waals surface area contributed by atoms with E-state index in [0.29, 0.717) is 0 Å². The molecule has 1 heterocycles. The zero-order chi connectivity index (χ0) is 16.5. The zero-order valence-corrected chi connectivity index (χ0v) is 15.0. The maximum absolute atomic E-state index is 4.78. The van der Waals surface area contributed by atoms with Gasteiger partial charge < -0.3 is 10.2 Å². The Bertz CT molecular complexity index is 974. The number of nitrogens with one attached hydrogen (secondary N) is 1. The van der Waals surface area contributed by atoms with Gasteiger partial charge in [0.15, 0.2) is 0 Å². The maximum atomic E-state index is 4.78. The predicted molar refractivity (Wildman–Crippen MR) is 111 cm³/mol. The molecule has 0 aliphatic rings. The molecule has 1 aromatic heterocycles. The first-order valence-corrected chi connectivity index (χ1v) is 8.04. The molecule has 0 unspecified atom stereocenters. The SMILES string of the molecule is CN(C)c1cccc(Nc2c3ccccc3nc3ccccc23)c1.Cl. The lowest BCUT2D eigenvalue weighted by Crippen LogP contribution is -2.08. The van der Waals surface area contributed by atoms with Gasteiger partial charge in [0.05, 0.1) is 16.7 Å². The van der Waals surface area contributed by atoms with Gasteiger partial charge in [-0.3, -0.25) is 0 Å². The molecule has 4 aromatic rings. The fourth-order valence-corrected chi connectivity index (χ4v) is 2.98. The van der Waals surface area contributed by atoms with Crippen molar-refractivity contribution in [1.82, 2.24) is 4.98 Å². The minimum atomic E-state index is 0. The summed E-state index contributed by atoms with van der Waals surface area (Å²) in [7, 11) is 4.10. The number of hydrogen-bond donors (Lipinski definition) is 1. The molecule has 25 heavy (non-hydrogen) atoms. The molecule has 0 saturated carbocycles. The Kier molecular flexibility index (Phi) is 4.77. The monoisotopic (exact) mass is 349 g/mol. The molecule has 0 spiro atoms. The second-order valence-electron chi connectivity index (χ2n) is 6.09. The molecule has 1 N–H and O–H groups in total. The van der Waals surface area contributed by atoms with Crippen LogP contribution < -0.4 is 10.2 Å². The number of nitrogens with zero attached hydrogens (tertiary/aromatic N) is 2. The molecular weight excluding hydrogens is 330 g/mol. The topological polar surface area (TPSA) is 28.2 Å². The number of anilines is 3. The number of hydrogen-bond acceptors (Lipinski definition) is 3. The zero-order valence-electron chi connectivity index (χ0n) is 14.2. The lowest BCUT2D eigenvalue weighted by atomic mass is 10.1. The summed E-state index contributed by atoms with van der Waals surface area (Å²) in [6.07, 6.45) is 0. The lowest BCUT2D eigenvalue weighted by molar-refractivity contribution is 1.13. The quantitative estimate of drug-likeness (QED) is 0.486. The Morgan fingerprint density at radius 3 is 1.96 bits per heavy atom. The second kappa shape index (κ2) is 6.99. The smallest absolute Gasteiger partial charge is 0.0730 e. The van der Waals surface area contributed by atoms with Crippen LogP contribution in [0.25, 0.3) is 21.8 Å². The van der Waals surface area contributed by atoms with Crippen LogP contribution in [0.3, 0.4) is 0 Å². The van der Waals surface area contributed by atoms with Gasteiger partial charge in [-0.05, 0) is 30.3 Å². The van der Waals surface area contributed by atoms with Gasteiger partial charge in [0, 0.05) is 36.2 Å². The van der Waals surface area contributed by atoms with Crippen molar-refractivity contribution in [3.63, 3.8) is 0 Å². The number of rotatable bonds is 3. The highest BCUT2D eigenvalue weighted by molar-refractivity contribution is 6.08. The Morgan fingerprint density at radius 1 is 0.760 bits per heavy atom. The molecular formula is C21H20ClN3. The molecule has 0 aliphatic carbocycles. The van der Waals surface area contributed by atoms with E-state index in [0.717, 1.165) is 33.2 Å². The van der Waals surface area contributed by atoms with Crippen molar-refractivity contribution in [2.75, 3.05) is 24.3 Å². The minimum absolute atomic E-state index is 0. The highest BCUT2D eigenvalue weighted by Gasteiger charge is 2.09. The number of halogens is 1. The molecule has 0 bridgehead atoms. The lowest BCUT2D eigenvalue weighted by Gasteiger charge is -2.16. The molecule has 3 aromatic carbocycles. The van der Waals surface area contributed by atoms with E-state index < -0.39 is 0 Å². The van der Waals surface area contributed by atoms with Gasteiger partial charge in [0.1, 0.15) is 0 Å². The molecule has 0 aliphatic heterocycles. The minimum Gasteiger partial charge on any atom is -0.378 e. The summed E-state index contributed by atoms with van der Waals surface area (Å²) >= 11 is 0. The summed E-state index contributed by atoms with van der Waals surface area (Å²) in [5, 5.41) is 5.88. The van der Waals surface area contributed by atoms with E-state index in [1.807, 2.05) is 12.1 Å². The molecule has 126 valence electrons. The van der Waals surface area contributed by atoms with Crippen molar-refractivity contribution in [1.29, 1.82) is 0 Å². The van der Waals surface area contributed by atoms with E-state index in [1.54, 1.807) is 0 Å². The fraction of sp³-hybridized carbons (Fsp3) is 0.0952. The number of para-hydroxylation sites is 2. The molecule has 0 radical (unpaired) electrons. The van der Waals surface area contributed by atoms with Crippen LogP contribution in [0.15, 0.2) is 72.8 Å². The third-order valence-electron chi connectivity index (χ3n) is 4.22. The normalized spacial score (nSPS) is 10.5. The number of fused-ring (bicyclic) bond motifs is 2. The standard InChI is InChI=1S/C21H19N3.ClH/c1-24(2)16-9-7-8-15(14-16)22-21-17-10-3-5-12-19(17)23-20-13-6-4-11-18(20)21;/h3-14H,1-2H3,(H,22,23);1H. The summed E-state index contributed by atoms with van der Waals surface area (Å²) in [5.74, 6) is 0. The van der Waals surface area contributed by atoms with Crippen LogP contribution in [-0.2, 0) is 0 Å². The third-order valence-corrected chi connectivity index (χ3v) is 4.22. The van der Waals surface area contributed by atoms with Crippen LogP contribution in [0.5, 0.6) is 0 Å². The van der Waals surface area contributed by atoms with Crippen LogP contribution in [0.2, 0.25) is 0 Å². The van der Waals surface area contributed by atoms with E-state index in [9.17, 15) is 0 Å². The first-order chi connectivity index (χ1) is 11.7. The Morgan fingerprint density at radius 2 is 1.36 bits per heavy atom. The summed E-state index contributed by atoms with van der Waals surface area (Å²) in [6, 6.07) is 25.0. The van der Waals surface area contributed by atoms with Crippen LogP contribution >= 0.6 is 12.4 Å². The van der Waals surface area contributed by atoms with Crippen molar-refractivity contribution in [3.05, 3.63) is 72.8 Å². The van der Waals surface area contributed by atoms with Gasteiger partial charge in [0.25, 0.3) is 0 Å². The molecule has 4 heteroatoms. The third kappa shape index (κ3) is 3.24. The van der Waals surface area contributed by atoms with Crippen LogP contribution in [0, 0.1) is 0 Å². The highest BCUT2D eigenvalue weighted by Crippen LogP contribution is 2.33. The summed E-state index contributed by atoms with van der Waals surface area (Å²) in [4.78, 5) is 6.88. The average Bonchev–Trinajstić information content (AvgIpc) is 2.62. The maximum Gasteiger partial charge on any atom is 0.0730 e. The van der Waals surface area contributed by atoms with E-state index in [-0.39, 0.29) is 12.4 Å². The number of pyridine rings is 1. The van der Waals surface area contributed by atoms with E-state index in [2.05, 4.69) is 85.0 Å². The molecule has 4 rings (SSSR count). The summed E-state index contributed by atoms with van der Waals surface area (Å²) < 4.78 is 0. The Balaban J connectivity index is 0.00000182. The predicted octanol–water partition coefficient (Wildman–Crippen LogP) is 5.62. The van der Waals surface area contributed by atoms with Crippen molar-refractivity contribution < 1.29 is 0 Å². The van der Waals surface area contributed by atoms with E-state index in [1.165, 1.54) is 5.69 Å². The van der Waals surface area contributed by atoms with Gasteiger partial charge in [-0.15, -0.1) is 12.4 Å². The summed E-state index contributed by atoms with van der Waals surface area (Å²) in [5.41, 5.74) is 5.35. The van der Waals surface area contributed by atoms with Gasteiger partial charge >= 0.3 is 0 Å². The van der Waals surface area contributed by atoms with Crippen LogP contribution in [0.1, 0.15) is 0 Å². The molecule has 3 nitrogen and oxygen atoms in total. The van der Waals surface area contributed by atoms with E-state index >= 15 is 0 Å². The molecule has 0 atom stereocenters. The largest absolute Gasteiger partial charge is 0.378 e. The number of benzene rings is 3. The van der Waals surface area contributed by atoms with Crippen molar-refractivity contribution in [3.8, 4) is 0 Å². The highest BCUT2D eigenvalue weighted by atomic mass is 35.5. The van der Waals surface area contributed by atoms with Crippen molar-refractivity contribution >= 4 is 51.3 Å². The van der Waals surface area contributed by atoms with E-state index in [4.69, 9.17) is 4.98 Å². The first kappa shape index (κ1) is 17.1. The Hall–Kier alpha value is -2.78. The van der Waals surface area contributed by atoms with Crippen LogP contribution in [0.4, 0.5) is 17.1 Å². The molecule has 0 saturated heterocycles. The first-order valence-electron chi connectivity index (χ1n) is 8.04. The molecule has 0 amide bonds. The summed E-state index contributed by atoms with van der Waals surface area (Å²) in [6.45, 7) is 0. The fourth-order valence-electron chi connectivity index (χ4n) is 2.98. The molecule has 0 fully saturated rings. The Labute approximate surface area is 153 Å². The van der Waals surface area contributed by atoms with Crippen LogP contribution in [-0.4, -0.2) is 19.1 Å². The van der Waals surface area contributed by atoms with Gasteiger partial charge in [-0.1, -0.05) is 42.5 Å².